The summed E-state index contributed by atoms with van der Waals surface area (Å²) in [4.78, 5) is 9.39. The van der Waals surface area contributed by atoms with Gasteiger partial charge in [-0.15, -0.1) is 0 Å². The molecule has 0 spiro atoms. The summed E-state index contributed by atoms with van der Waals surface area (Å²) in [6.07, 6.45) is 3.24. The van der Waals surface area contributed by atoms with E-state index in [1.807, 2.05) is 6.08 Å². The highest BCUT2D eigenvalue weighted by atomic mass is 16.6. The van der Waals surface area contributed by atoms with Crippen LogP contribution in [0.25, 0.3) is 0 Å². The third-order valence-electron chi connectivity index (χ3n) is 1.70. The lowest BCUT2D eigenvalue weighted by atomic mass is 10.4. The Labute approximate surface area is 76.2 Å². The number of allylic oxidation sites excluding steroid dienone is 1. The van der Waals surface area contributed by atoms with Gasteiger partial charge in [0.2, 0.25) is 6.54 Å². The lowest BCUT2D eigenvalue weighted by Gasteiger charge is -2.04. The molecule has 1 aliphatic carbocycles. The molecule has 1 atom stereocenters. The van der Waals surface area contributed by atoms with Crippen molar-refractivity contribution in [3.8, 4) is 0 Å². The van der Waals surface area contributed by atoms with Gasteiger partial charge >= 0.3 is 0 Å². The molecule has 0 saturated heterocycles. The van der Waals surface area contributed by atoms with Crippen LogP contribution in [0.1, 0.15) is 12.8 Å². The Morgan fingerprint density at radius 3 is 2.92 bits per heavy atom. The molecule has 1 rings (SSSR count). The Morgan fingerprint density at radius 1 is 1.69 bits per heavy atom. The number of hydrogen-bond acceptors (Lipinski definition) is 4. The van der Waals surface area contributed by atoms with Crippen molar-refractivity contribution < 1.29 is 14.8 Å². The molecule has 1 aliphatic rings. The van der Waals surface area contributed by atoms with Gasteiger partial charge in [0.1, 0.15) is 6.10 Å². The van der Waals surface area contributed by atoms with Gasteiger partial charge in [-0.1, -0.05) is 11.6 Å². The topological polar surface area (TPSA) is 72.6 Å². The fourth-order valence-electron chi connectivity index (χ4n) is 0.882. The maximum atomic E-state index is 9.94. The maximum Gasteiger partial charge on any atom is 0.231 e. The van der Waals surface area contributed by atoms with Crippen LogP contribution in [0.3, 0.4) is 0 Å². The molecule has 1 N–H and O–H groups in total. The van der Waals surface area contributed by atoms with Gasteiger partial charge in [0, 0.05) is 4.92 Å². The second-order valence-corrected chi connectivity index (χ2v) is 3.07. The Kier molecular flexibility index (Phi) is 3.85. The van der Waals surface area contributed by atoms with Crippen LogP contribution >= 0.6 is 0 Å². The molecule has 1 unspecified atom stereocenters. The maximum absolute atomic E-state index is 9.94. The fourth-order valence-corrected chi connectivity index (χ4v) is 0.882. The summed E-state index contributed by atoms with van der Waals surface area (Å²) in [6, 6.07) is 0. The Balaban J connectivity index is 1.97. The van der Waals surface area contributed by atoms with Crippen molar-refractivity contribution in [3.05, 3.63) is 21.8 Å². The van der Waals surface area contributed by atoms with Crippen LogP contribution in [0, 0.1) is 10.1 Å². The summed E-state index contributed by atoms with van der Waals surface area (Å²) in [5.41, 5.74) is 1.36. The first-order valence-electron chi connectivity index (χ1n) is 4.24. The summed E-state index contributed by atoms with van der Waals surface area (Å²) in [5, 5.41) is 19.0. The van der Waals surface area contributed by atoms with Crippen molar-refractivity contribution in [2.45, 2.75) is 18.9 Å². The molecule has 0 radical (unpaired) electrons. The molecule has 0 aromatic heterocycles. The molecule has 1 saturated carbocycles. The van der Waals surface area contributed by atoms with Crippen LogP contribution in [-0.4, -0.2) is 35.9 Å². The van der Waals surface area contributed by atoms with Gasteiger partial charge in [0.05, 0.1) is 13.2 Å². The van der Waals surface area contributed by atoms with Crippen molar-refractivity contribution in [2.75, 3.05) is 19.8 Å². The highest BCUT2D eigenvalue weighted by molar-refractivity contribution is 5.15. The van der Waals surface area contributed by atoms with E-state index in [9.17, 15) is 10.1 Å². The molecular formula is C8H13NO4. The normalized spacial score (nSPS) is 16.8. The minimum absolute atomic E-state index is 0.0325. The van der Waals surface area contributed by atoms with Crippen LogP contribution in [0.2, 0.25) is 0 Å². The van der Waals surface area contributed by atoms with Crippen molar-refractivity contribution in [3.63, 3.8) is 0 Å². The number of aliphatic hydroxyl groups excluding tert-OH is 1. The van der Waals surface area contributed by atoms with Gasteiger partial charge in [0.15, 0.2) is 0 Å². The molecule has 0 aromatic rings. The largest absolute Gasteiger partial charge is 0.384 e. The van der Waals surface area contributed by atoms with Crippen LogP contribution in [0.15, 0.2) is 11.6 Å². The van der Waals surface area contributed by atoms with Gasteiger partial charge < -0.3 is 9.84 Å². The molecule has 0 heterocycles. The van der Waals surface area contributed by atoms with E-state index < -0.39 is 17.6 Å². The molecule has 0 aromatic carbocycles. The third kappa shape index (κ3) is 5.32. The molecule has 0 aliphatic heterocycles. The van der Waals surface area contributed by atoms with Crippen LogP contribution < -0.4 is 0 Å². The zero-order valence-corrected chi connectivity index (χ0v) is 7.31. The number of nitro groups is 1. The number of nitrogens with zero attached hydrogens (tertiary/aromatic N) is 1. The van der Waals surface area contributed by atoms with E-state index in [-0.39, 0.29) is 6.61 Å². The third-order valence-corrected chi connectivity index (χ3v) is 1.70. The van der Waals surface area contributed by atoms with Gasteiger partial charge in [-0.3, -0.25) is 10.1 Å². The van der Waals surface area contributed by atoms with Gasteiger partial charge in [0.25, 0.3) is 0 Å². The van der Waals surface area contributed by atoms with E-state index in [1.54, 1.807) is 0 Å². The Bertz CT molecular complexity index is 208. The smallest absolute Gasteiger partial charge is 0.231 e. The molecule has 74 valence electrons. The molecule has 5 heteroatoms. The van der Waals surface area contributed by atoms with E-state index in [4.69, 9.17) is 9.84 Å². The first-order valence-corrected chi connectivity index (χ1v) is 4.24. The molecule has 0 amide bonds. The second kappa shape index (κ2) is 4.94. The van der Waals surface area contributed by atoms with Gasteiger partial charge in [-0.2, -0.15) is 0 Å². The Hall–Kier alpha value is -0.940. The number of aliphatic hydroxyl groups is 1. The average molecular weight is 187 g/mol. The first-order chi connectivity index (χ1) is 6.18. The van der Waals surface area contributed by atoms with Crippen LogP contribution in [0.5, 0.6) is 0 Å². The van der Waals surface area contributed by atoms with E-state index in [0.717, 1.165) is 12.8 Å². The van der Waals surface area contributed by atoms with E-state index in [1.165, 1.54) is 5.57 Å². The highest BCUT2D eigenvalue weighted by Crippen LogP contribution is 2.26. The van der Waals surface area contributed by atoms with E-state index in [2.05, 4.69) is 0 Å². The summed E-state index contributed by atoms with van der Waals surface area (Å²) in [7, 11) is 0. The lowest BCUT2D eigenvalue weighted by Crippen LogP contribution is -2.24. The SMILES string of the molecule is O=[N+]([O-])CC(O)COCC=C1CC1. The molecule has 0 bridgehead atoms. The minimum Gasteiger partial charge on any atom is -0.384 e. The van der Waals surface area contributed by atoms with Crippen molar-refractivity contribution in [1.82, 2.24) is 0 Å². The standard InChI is InChI=1S/C8H13NO4/c10-8(5-9(11)12)6-13-4-3-7-1-2-7/h3,8,10H,1-2,4-6H2. The summed E-state index contributed by atoms with van der Waals surface area (Å²) in [5.74, 6) is 0. The number of ether oxygens (including phenoxy) is 1. The van der Waals surface area contributed by atoms with E-state index >= 15 is 0 Å². The zero-order chi connectivity index (χ0) is 9.68. The molecule has 13 heavy (non-hydrogen) atoms. The zero-order valence-electron chi connectivity index (χ0n) is 7.31. The van der Waals surface area contributed by atoms with Crippen molar-refractivity contribution in [2.24, 2.45) is 0 Å². The summed E-state index contributed by atoms with van der Waals surface area (Å²) >= 11 is 0. The number of rotatable bonds is 6. The molecular weight excluding hydrogens is 174 g/mol. The van der Waals surface area contributed by atoms with E-state index in [0.29, 0.717) is 6.61 Å². The predicted octanol–water partition coefficient (Wildman–Crippen LogP) is 0.361. The second-order valence-electron chi connectivity index (χ2n) is 3.07. The van der Waals surface area contributed by atoms with Crippen LogP contribution in [0.4, 0.5) is 0 Å². The average Bonchev–Trinajstić information content (AvgIpc) is 2.80. The quantitative estimate of drug-likeness (QED) is 0.282. The minimum atomic E-state index is -0.993. The molecule has 5 nitrogen and oxygen atoms in total. The van der Waals surface area contributed by atoms with Gasteiger partial charge in [-0.05, 0) is 12.8 Å². The van der Waals surface area contributed by atoms with Crippen LogP contribution in [-0.2, 0) is 4.74 Å². The summed E-state index contributed by atoms with van der Waals surface area (Å²) < 4.78 is 5.02. The fraction of sp³-hybridized carbons (Fsp3) is 0.750. The Morgan fingerprint density at radius 2 is 2.38 bits per heavy atom. The molecule has 1 fully saturated rings. The van der Waals surface area contributed by atoms with Crippen molar-refractivity contribution >= 4 is 0 Å². The first kappa shape index (κ1) is 10.1. The predicted molar refractivity (Wildman–Crippen MR) is 46.0 cm³/mol. The number of hydrogen-bond donors (Lipinski definition) is 1. The highest BCUT2D eigenvalue weighted by Gasteiger charge is 2.12. The van der Waals surface area contributed by atoms with Crippen molar-refractivity contribution in [1.29, 1.82) is 0 Å². The summed E-state index contributed by atoms with van der Waals surface area (Å²) in [6.45, 7) is 0.0332. The monoisotopic (exact) mass is 187 g/mol. The lowest BCUT2D eigenvalue weighted by molar-refractivity contribution is -0.491. The van der Waals surface area contributed by atoms with Gasteiger partial charge in [-0.25, -0.2) is 0 Å².